The summed E-state index contributed by atoms with van der Waals surface area (Å²) in [4.78, 5) is 4.75. The van der Waals surface area contributed by atoms with Crippen molar-refractivity contribution in [3.63, 3.8) is 0 Å². The fourth-order valence-corrected chi connectivity index (χ4v) is 3.28. The molecule has 1 aromatic carbocycles. The average molecular weight is 273 g/mol. The average Bonchev–Trinajstić information content (AvgIpc) is 2.78. The van der Waals surface area contributed by atoms with Crippen molar-refractivity contribution in [3.8, 4) is 0 Å². The molecule has 4 heteroatoms. The number of hydrogen-bond acceptors (Lipinski definition) is 3. The maximum absolute atomic E-state index is 10.4. The van der Waals surface area contributed by atoms with Crippen molar-refractivity contribution in [1.82, 2.24) is 9.55 Å². The van der Waals surface area contributed by atoms with Crippen LogP contribution in [0.2, 0.25) is 0 Å². The normalized spacial score (nSPS) is 23.6. The third-order valence-electron chi connectivity index (χ3n) is 4.28. The second kappa shape index (κ2) is 5.09. The van der Waals surface area contributed by atoms with Crippen LogP contribution < -0.4 is 5.73 Å². The standard InChI is InChI=1S/C16H23N3O/c1-10(2)16-18-12-9-11(17)7-8-13(12)19(16)14-5-3-4-6-15(14)20/h7-10,14-15,20H,3-6,17H2,1-2H3. The third-order valence-corrected chi connectivity index (χ3v) is 4.28. The van der Waals surface area contributed by atoms with Crippen LogP contribution in [0, 0.1) is 0 Å². The minimum Gasteiger partial charge on any atom is -0.399 e. The van der Waals surface area contributed by atoms with Gasteiger partial charge in [0.2, 0.25) is 0 Å². The van der Waals surface area contributed by atoms with Crippen molar-refractivity contribution in [2.75, 3.05) is 5.73 Å². The van der Waals surface area contributed by atoms with Gasteiger partial charge in [-0.05, 0) is 31.0 Å². The second-order valence-corrected chi connectivity index (χ2v) is 6.16. The van der Waals surface area contributed by atoms with Crippen molar-refractivity contribution >= 4 is 16.7 Å². The summed E-state index contributed by atoms with van der Waals surface area (Å²) in [6.07, 6.45) is 3.94. The van der Waals surface area contributed by atoms with Crippen LogP contribution in [0.15, 0.2) is 18.2 Å². The number of nitrogen functional groups attached to an aromatic ring is 1. The Balaban J connectivity index is 2.18. The highest BCUT2D eigenvalue weighted by molar-refractivity contribution is 5.80. The highest BCUT2D eigenvalue weighted by Crippen LogP contribution is 2.35. The molecular weight excluding hydrogens is 250 g/mol. The SMILES string of the molecule is CC(C)c1nc2cc(N)ccc2n1C1CCCCC1O. The fourth-order valence-electron chi connectivity index (χ4n) is 3.28. The van der Waals surface area contributed by atoms with E-state index >= 15 is 0 Å². The molecule has 4 nitrogen and oxygen atoms in total. The summed E-state index contributed by atoms with van der Waals surface area (Å²) in [6, 6.07) is 6.02. The first kappa shape index (κ1) is 13.4. The number of aromatic nitrogens is 2. The summed E-state index contributed by atoms with van der Waals surface area (Å²) in [5, 5.41) is 10.4. The molecule has 3 rings (SSSR count). The minimum atomic E-state index is -0.267. The van der Waals surface area contributed by atoms with Gasteiger partial charge in [0, 0.05) is 11.6 Å². The van der Waals surface area contributed by atoms with E-state index in [0.29, 0.717) is 5.92 Å². The molecule has 3 N–H and O–H groups in total. The van der Waals surface area contributed by atoms with E-state index in [1.807, 2.05) is 18.2 Å². The Kier molecular flexibility index (Phi) is 3.42. The Morgan fingerprint density at radius 2 is 2.05 bits per heavy atom. The van der Waals surface area contributed by atoms with Gasteiger partial charge < -0.3 is 15.4 Å². The van der Waals surface area contributed by atoms with Crippen LogP contribution in [-0.2, 0) is 0 Å². The number of aliphatic hydroxyl groups is 1. The van der Waals surface area contributed by atoms with Gasteiger partial charge in [-0.15, -0.1) is 0 Å². The molecule has 0 bridgehead atoms. The Labute approximate surface area is 119 Å². The monoisotopic (exact) mass is 273 g/mol. The molecule has 2 atom stereocenters. The molecule has 1 fully saturated rings. The van der Waals surface area contributed by atoms with E-state index in [2.05, 4.69) is 18.4 Å². The zero-order valence-corrected chi connectivity index (χ0v) is 12.2. The third kappa shape index (κ3) is 2.18. The molecule has 1 aliphatic carbocycles. The zero-order chi connectivity index (χ0) is 14.3. The van der Waals surface area contributed by atoms with E-state index in [1.54, 1.807) is 0 Å². The second-order valence-electron chi connectivity index (χ2n) is 6.16. The van der Waals surface area contributed by atoms with E-state index < -0.39 is 0 Å². The maximum atomic E-state index is 10.4. The molecule has 2 aromatic rings. The smallest absolute Gasteiger partial charge is 0.112 e. The fraction of sp³-hybridized carbons (Fsp3) is 0.562. The first-order chi connectivity index (χ1) is 9.58. The number of anilines is 1. The summed E-state index contributed by atoms with van der Waals surface area (Å²) in [6.45, 7) is 4.30. The molecule has 1 aromatic heterocycles. The maximum Gasteiger partial charge on any atom is 0.112 e. The predicted molar refractivity (Wildman–Crippen MR) is 81.7 cm³/mol. The van der Waals surface area contributed by atoms with Gasteiger partial charge in [-0.2, -0.15) is 0 Å². The van der Waals surface area contributed by atoms with Gasteiger partial charge in [0.25, 0.3) is 0 Å². The number of imidazole rings is 1. The van der Waals surface area contributed by atoms with Crippen molar-refractivity contribution in [2.24, 2.45) is 0 Å². The highest BCUT2D eigenvalue weighted by atomic mass is 16.3. The summed E-state index contributed by atoms with van der Waals surface area (Å²) >= 11 is 0. The van der Waals surface area contributed by atoms with Crippen LogP contribution in [0.25, 0.3) is 11.0 Å². The lowest BCUT2D eigenvalue weighted by Gasteiger charge is -2.31. The Morgan fingerprint density at radius 3 is 2.75 bits per heavy atom. The van der Waals surface area contributed by atoms with Crippen molar-refractivity contribution in [3.05, 3.63) is 24.0 Å². The lowest BCUT2D eigenvalue weighted by atomic mass is 9.92. The van der Waals surface area contributed by atoms with E-state index in [1.165, 1.54) is 6.42 Å². The number of aliphatic hydroxyl groups excluding tert-OH is 1. The molecule has 108 valence electrons. The largest absolute Gasteiger partial charge is 0.399 e. The van der Waals surface area contributed by atoms with Crippen LogP contribution in [-0.4, -0.2) is 20.8 Å². The lowest BCUT2D eigenvalue weighted by molar-refractivity contribution is 0.0756. The van der Waals surface area contributed by atoms with Gasteiger partial charge in [-0.1, -0.05) is 26.7 Å². The van der Waals surface area contributed by atoms with Gasteiger partial charge in [0.15, 0.2) is 0 Å². The van der Waals surface area contributed by atoms with E-state index in [4.69, 9.17) is 10.7 Å². The van der Waals surface area contributed by atoms with Crippen LogP contribution in [0.4, 0.5) is 5.69 Å². The van der Waals surface area contributed by atoms with Gasteiger partial charge >= 0.3 is 0 Å². The first-order valence-electron chi connectivity index (χ1n) is 7.53. The summed E-state index contributed by atoms with van der Waals surface area (Å²) in [7, 11) is 0. The quantitative estimate of drug-likeness (QED) is 0.826. The molecule has 1 heterocycles. The molecule has 0 radical (unpaired) electrons. The summed E-state index contributed by atoms with van der Waals surface area (Å²) in [5.41, 5.74) is 8.63. The molecule has 1 aliphatic rings. The molecule has 0 saturated heterocycles. The Morgan fingerprint density at radius 1 is 1.30 bits per heavy atom. The van der Waals surface area contributed by atoms with Crippen molar-refractivity contribution < 1.29 is 5.11 Å². The molecule has 2 unspecified atom stereocenters. The Bertz CT molecular complexity index is 617. The van der Waals surface area contributed by atoms with Crippen LogP contribution in [0.3, 0.4) is 0 Å². The van der Waals surface area contributed by atoms with Crippen LogP contribution in [0.5, 0.6) is 0 Å². The summed E-state index contributed by atoms with van der Waals surface area (Å²) < 4.78 is 2.25. The van der Waals surface area contributed by atoms with Gasteiger partial charge in [-0.3, -0.25) is 0 Å². The number of hydrogen-bond donors (Lipinski definition) is 2. The predicted octanol–water partition coefficient (Wildman–Crippen LogP) is 3.22. The molecule has 0 amide bonds. The Hall–Kier alpha value is -1.55. The lowest BCUT2D eigenvalue weighted by Crippen LogP contribution is -2.29. The molecular formula is C16H23N3O. The minimum absolute atomic E-state index is 0.148. The van der Waals surface area contributed by atoms with Gasteiger partial charge in [0.05, 0.1) is 23.2 Å². The molecule has 0 aliphatic heterocycles. The van der Waals surface area contributed by atoms with E-state index in [0.717, 1.165) is 41.8 Å². The zero-order valence-electron chi connectivity index (χ0n) is 12.2. The number of benzene rings is 1. The highest BCUT2D eigenvalue weighted by Gasteiger charge is 2.28. The van der Waals surface area contributed by atoms with Gasteiger partial charge in [0.1, 0.15) is 5.82 Å². The van der Waals surface area contributed by atoms with Crippen molar-refractivity contribution in [1.29, 1.82) is 0 Å². The molecule has 1 saturated carbocycles. The number of rotatable bonds is 2. The number of nitrogens with zero attached hydrogens (tertiary/aromatic N) is 2. The van der Waals surface area contributed by atoms with Gasteiger partial charge in [-0.25, -0.2) is 4.98 Å². The van der Waals surface area contributed by atoms with Crippen LogP contribution in [0.1, 0.15) is 57.3 Å². The molecule has 0 spiro atoms. The first-order valence-corrected chi connectivity index (χ1v) is 7.53. The van der Waals surface area contributed by atoms with Crippen molar-refractivity contribution in [2.45, 2.75) is 57.6 Å². The number of nitrogens with two attached hydrogens (primary N) is 1. The van der Waals surface area contributed by atoms with E-state index in [-0.39, 0.29) is 12.1 Å². The number of fused-ring (bicyclic) bond motifs is 1. The molecule has 20 heavy (non-hydrogen) atoms. The summed E-state index contributed by atoms with van der Waals surface area (Å²) in [5.74, 6) is 1.38. The van der Waals surface area contributed by atoms with E-state index in [9.17, 15) is 5.11 Å². The topological polar surface area (TPSA) is 64.1 Å². The van der Waals surface area contributed by atoms with Crippen LogP contribution >= 0.6 is 0 Å².